The molecule has 0 unspecified atom stereocenters. The Balaban J connectivity index is 1.71. The summed E-state index contributed by atoms with van der Waals surface area (Å²) in [6.45, 7) is 4.25. The molecular formula is C20H19ClN4O. The van der Waals surface area contributed by atoms with Crippen LogP contribution in [0.4, 0.5) is 11.6 Å². The van der Waals surface area contributed by atoms with Crippen LogP contribution in [-0.4, -0.2) is 15.9 Å². The van der Waals surface area contributed by atoms with Gasteiger partial charge < -0.3 is 10.6 Å². The van der Waals surface area contributed by atoms with Crippen LogP contribution in [0.3, 0.4) is 0 Å². The number of rotatable bonds is 5. The van der Waals surface area contributed by atoms with Crippen LogP contribution in [0.1, 0.15) is 27.3 Å². The molecule has 1 amide bonds. The van der Waals surface area contributed by atoms with Gasteiger partial charge in [0.2, 0.25) is 5.95 Å². The molecule has 0 saturated carbocycles. The van der Waals surface area contributed by atoms with E-state index in [2.05, 4.69) is 20.6 Å². The normalized spacial score (nSPS) is 10.4. The lowest BCUT2D eigenvalue weighted by molar-refractivity contribution is 0.0945. The van der Waals surface area contributed by atoms with Gasteiger partial charge in [-0.3, -0.25) is 4.79 Å². The molecule has 0 aliphatic heterocycles. The second kappa shape index (κ2) is 7.97. The van der Waals surface area contributed by atoms with Crippen LogP contribution in [-0.2, 0) is 6.54 Å². The van der Waals surface area contributed by atoms with Crippen molar-refractivity contribution in [3.8, 4) is 0 Å². The van der Waals surface area contributed by atoms with E-state index in [1.54, 1.807) is 18.2 Å². The van der Waals surface area contributed by atoms with Gasteiger partial charge in [0, 0.05) is 22.9 Å². The minimum Gasteiger partial charge on any atom is -0.347 e. The highest BCUT2D eigenvalue weighted by Gasteiger charge is 2.11. The van der Waals surface area contributed by atoms with E-state index in [1.807, 2.05) is 50.2 Å². The predicted octanol–water partition coefficient (Wildman–Crippen LogP) is 4.42. The number of aromatic nitrogens is 2. The van der Waals surface area contributed by atoms with E-state index < -0.39 is 0 Å². The first-order valence-electron chi connectivity index (χ1n) is 8.21. The van der Waals surface area contributed by atoms with Crippen LogP contribution in [0.2, 0.25) is 5.02 Å². The molecule has 0 aliphatic carbocycles. The average Bonchev–Trinajstić information content (AvgIpc) is 2.60. The third-order valence-electron chi connectivity index (χ3n) is 3.73. The van der Waals surface area contributed by atoms with Crippen molar-refractivity contribution in [2.45, 2.75) is 20.4 Å². The molecule has 0 fully saturated rings. The molecule has 5 nitrogen and oxygen atoms in total. The van der Waals surface area contributed by atoms with Gasteiger partial charge >= 0.3 is 0 Å². The van der Waals surface area contributed by atoms with Gasteiger partial charge in [-0.05, 0) is 55.3 Å². The van der Waals surface area contributed by atoms with Crippen LogP contribution in [0.25, 0.3) is 0 Å². The Labute approximate surface area is 157 Å². The summed E-state index contributed by atoms with van der Waals surface area (Å²) in [6, 6.07) is 16.9. The Morgan fingerprint density at radius 1 is 1.04 bits per heavy atom. The quantitative estimate of drug-likeness (QED) is 0.701. The number of hydrogen-bond donors (Lipinski definition) is 2. The molecule has 2 aromatic carbocycles. The summed E-state index contributed by atoms with van der Waals surface area (Å²) < 4.78 is 0. The molecular weight excluding hydrogens is 348 g/mol. The van der Waals surface area contributed by atoms with E-state index >= 15 is 0 Å². The first-order valence-corrected chi connectivity index (χ1v) is 8.59. The highest BCUT2D eigenvalue weighted by atomic mass is 35.5. The first-order chi connectivity index (χ1) is 12.5. The van der Waals surface area contributed by atoms with Crippen molar-refractivity contribution in [1.82, 2.24) is 15.3 Å². The smallest absolute Gasteiger partial charge is 0.270 e. The summed E-state index contributed by atoms with van der Waals surface area (Å²) in [4.78, 5) is 21.1. The molecule has 132 valence electrons. The number of aryl methyl sites for hydroxylation is 2. The summed E-state index contributed by atoms with van der Waals surface area (Å²) in [5, 5.41) is 6.67. The highest BCUT2D eigenvalue weighted by molar-refractivity contribution is 6.30. The Hall–Kier alpha value is -2.92. The van der Waals surface area contributed by atoms with Gasteiger partial charge in [-0.2, -0.15) is 0 Å². The predicted molar refractivity (Wildman–Crippen MR) is 104 cm³/mol. The van der Waals surface area contributed by atoms with Crippen molar-refractivity contribution in [2.24, 2.45) is 0 Å². The molecule has 0 saturated heterocycles. The number of amides is 1. The molecule has 0 bridgehead atoms. The van der Waals surface area contributed by atoms with E-state index in [-0.39, 0.29) is 5.91 Å². The number of hydrogen-bond acceptors (Lipinski definition) is 4. The maximum Gasteiger partial charge on any atom is 0.270 e. The fourth-order valence-corrected chi connectivity index (χ4v) is 2.59. The van der Waals surface area contributed by atoms with E-state index in [0.717, 1.165) is 16.8 Å². The number of carbonyl (C=O) groups is 1. The fraction of sp³-hybridized carbons (Fsp3) is 0.150. The zero-order valence-corrected chi connectivity index (χ0v) is 15.3. The van der Waals surface area contributed by atoms with Gasteiger partial charge in [-0.15, -0.1) is 0 Å². The van der Waals surface area contributed by atoms with Gasteiger partial charge in [0.05, 0.1) is 0 Å². The van der Waals surface area contributed by atoms with Crippen molar-refractivity contribution >= 4 is 29.1 Å². The van der Waals surface area contributed by atoms with E-state index in [1.165, 1.54) is 0 Å². The van der Waals surface area contributed by atoms with Crippen molar-refractivity contribution in [3.63, 3.8) is 0 Å². The number of nitrogens with zero attached hydrogens (tertiary/aromatic N) is 2. The lowest BCUT2D eigenvalue weighted by atomic mass is 10.2. The summed E-state index contributed by atoms with van der Waals surface area (Å²) in [7, 11) is 0. The van der Waals surface area contributed by atoms with Crippen molar-refractivity contribution in [1.29, 1.82) is 0 Å². The van der Waals surface area contributed by atoms with Crippen LogP contribution in [0, 0.1) is 13.8 Å². The van der Waals surface area contributed by atoms with Crippen LogP contribution in [0.15, 0.2) is 54.6 Å². The standard InChI is InChI=1S/C20H19ClN4O/c1-13-4-3-5-17(10-13)24-20-23-14(2)11-18(25-20)19(26)22-12-15-6-8-16(21)9-7-15/h3-11H,12H2,1-2H3,(H,22,26)(H,23,24,25). The maximum absolute atomic E-state index is 12.4. The van der Waals surface area contributed by atoms with Crippen LogP contribution >= 0.6 is 11.6 Å². The van der Waals surface area contributed by atoms with Crippen LogP contribution < -0.4 is 10.6 Å². The highest BCUT2D eigenvalue weighted by Crippen LogP contribution is 2.15. The fourth-order valence-electron chi connectivity index (χ4n) is 2.47. The molecule has 3 aromatic rings. The van der Waals surface area contributed by atoms with E-state index in [4.69, 9.17) is 11.6 Å². The molecule has 1 aromatic heterocycles. The monoisotopic (exact) mass is 366 g/mol. The van der Waals surface area contributed by atoms with Gasteiger partial charge in [-0.25, -0.2) is 9.97 Å². The Morgan fingerprint density at radius 2 is 1.81 bits per heavy atom. The third kappa shape index (κ3) is 4.80. The molecule has 2 N–H and O–H groups in total. The molecule has 0 atom stereocenters. The summed E-state index contributed by atoms with van der Waals surface area (Å²) >= 11 is 5.87. The van der Waals surface area contributed by atoms with Crippen molar-refractivity contribution in [3.05, 3.63) is 82.1 Å². The minimum absolute atomic E-state index is 0.252. The lowest BCUT2D eigenvalue weighted by Crippen LogP contribution is -2.24. The van der Waals surface area contributed by atoms with Crippen molar-refractivity contribution in [2.75, 3.05) is 5.32 Å². The third-order valence-corrected chi connectivity index (χ3v) is 3.98. The number of nitrogens with one attached hydrogen (secondary N) is 2. The number of halogens is 1. The summed E-state index contributed by atoms with van der Waals surface area (Å²) in [5.41, 5.74) is 4.01. The molecule has 0 radical (unpaired) electrons. The second-order valence-corrected chi connectivity index (χ2v) is 6.46. The molecule has 1 heterocycles. The zero-order valence-electron chi connectivity index (χ0n) is 14.6. The Kier molecular flexibility index (Phi) is 5.49. The topological polar surface area (TPSA) is 66.9 Å². The minimum atomic E-state index is -0.252. The average molecular weight is 367 g/mol. The maximum atomic E-state index is 12.4. The summed E-state index contributed by atoms with van der Waals surface area (Å²) in [5.74, 6) is 0.144. The number of anilines is 2. The van der Waals surface area contributed by atoms with E-state index in [9.17, 15) is 4.79 Å². The molecule has 0 aliphatic rings. The van der Waals surface area contributed by atoms with Gasteiger partial charge in [-0.1, -0.05) is 35.9 Å². The van der Waals surface area contributed by atoms with E-state index in [0.29, 0.717) is 28.9 Å². The number of benzene rings is 2. The summed E-state index contributed by atoms with van der Waals surface area (Å²) in [6.07, 6.45) is 0. The molecule has 0 spiro atoms. The molecule has 26 heavy (non-hydrogen) atoms. The zero-order chi connectivity index (χ0) is 18.5. The van der Waals surface area contributed by atoms with Gasteiger partial charge in [0.15, 0.2) is 0 Å². The first kappa shape index (κ1) is 17.9. The Bertz CT molecular complexity index is 925. The van der Waals surface area contributed by atoms with Gasteiger partial charge in [0.1, 0.15) is 5.69 Å². The van der Waals surface area contributed by atoms with Crippen LogP contribution in [0.5, 0.6) is 0 Å². The SMILES string of the molecule is Cc1cccc(Nc2nc(C)cc(C(=O)NCc3ccc(Cl)cc3)n2)c1. The largest absolute Gasteiger partial charge is 0.347 e. The van der Waals surface area contributed by atoms with Crippen molar-refractivity contribution < 1.29 is 4.79 Å². The lowest BCUT2D eigenvalue weighted by Gasteiger charge is -2.09. The molecule has 3 rings (SSSR count). The second-order valence-electron chi connectivity index (χ2n) is 6.02. The number of carbonyl (C=O) groups excluding carboxylic acids is 1. The Morgan fingerprint density at radius 3 is 2.54 bits per heavy atom. The molecule has 6 heteroatoms. The van der Waals surface area contributed by atoms with Gasteiger partial charge in [0.25, 0.3) is 5.91 Å².